The molecule has 0 aliphatic carbocycles. The molecule has 1 aliphatic heterocycles. The highest BCUT2D eigenvalue weighted by Crippen LogP contribution is 2.29. The second kappa shape index (κ2) is 8.38. The summed E-state index contributed by atoms with van der Waals surface area (Å²) in [4.78, 5) is 12.6. The van der Waals surface area contributed by atoms with Crippen molar-refractivity contribution in [2.45, 2.75) is 44.3 Å². The Balaban J connectivity index is 1.63. The van der Waals surface area contributed by atoms with Crippen LogP contribution < -0.4 is 5.32 Å². The molecular weight excluding hydrogens is 423 g/mol. The zero-order chi connectivity index (χ0) is 22.1. The van der Waals surface area contributed by atoms with Crippen LogP contribution in [0.2, 0.25) is 0 Å². The van der Waals surface area contributed by atoms with Crippen molar-refractivity contribution in [3.8, 4) is 0 Å². The van der Waals surface area contributed by atoms with Gasteiger partial charge >= 0.3 is 6.18 Å². The number of rotatable bonds is 5. The molecule has 0 bridgehead atoms. The largest absolute Gasteiger partial charge is 0.416 e. The molecule has 2 aromatic rings. The molecule has 0 radical (unpaired) electrons. The first kappa shape index (κ1) is 22.3. The minimum atomic E-state index is -4.42. The third kappa shape index (κ3) is 4.67. The van der Waals surface area contributed by atoms with Crippen LogP contribution in [0.5, 0.6) is 0 Å². The van der Waals surface area contributed by atoms with Crippen LogP contribution in [0.1, 0.15) is 35.4 Å². The summed E-state index contributed by atoms with van der Waals surface area (Å²) < 4.78 is 70.0. The van der Waals surface area contributed by atoms with Crippen molar-refractivity contribution < 1.29 is 30.9 Å². The monoisotopic (exact) mass is 445 g/mol. The fraction of sp³-hybridized carbons (Fsp3) is 0.474. The average molecular weight is 445 g/mol. The molecule has 30 heavy (non-hydrogen) atoms. The highest BCUT2D eigenvalue weighted by atomic mass is 32.2. The first-order chi connectivity index (χ1) is 14.0. The standard InChI is InChI=1S/C19H22F3N3O4S/c1-12-17(13(2)29-24-12)30(27,28)25-9-3-4-15(11-25)18(26)23-10-14-5-7-16(8-6-14)19(20,21)22/h5-8,15H,3-4,9-11H2,1-2H3,(H,23,26)/t15-/m1/s1. The van der Waals surface area contributed by atoms with Crippen molar-refractivity contribution in [1.29, 1.82) is 0 Å². The molecule has 1 aromatic carbocycles. The zero-order valence-corrected chi connectivity index (χ0v) is 17.3. The second-order valence-corrected chi connectivity index (χ2v) is 9.14. The van der Waals surface area contributed by atoms with Gasteiger partial charge in [0.1, 0.15) is 10.6 Å². The number of sulfonamides is 1. The van der Waals surface area contributed by atoms with E-state index >= 15 is 0 Å². The average Bonchev–Trinajstić information content (AvgIpc) is 3.04. The highest BCUT2D eigenvalue weighted by Gasteiger charge is 2.36. The maximum absolute atomic E-state index is 13.0. The Morgan fingerprint density at radius 1 is 1.27 bits per heavy atom. The number of aromatic nitrogens is 1. The van der Waals surface area contributed by atoms with Crippen LogP contribution in [0.15, 0.2) is 33.7 Å². The molecule has 164 valence electrons. The number of hydrogen-bond acceptors (Lipinski definition) is 5. The van der Waals surface area contributed by atoms with Crippen LogP contribution in [0.4, 0.5) is 13.2 Å². The lowest BCUT2D eigenvalue weighted by molar-refractivity contribution is -0.137. The van der Waals surface area contributed by atoms with Gasteiger partial charge in [-0.3, -0.25) is 4.79 Å². The van der Waals surface area contributed by atoms with Crippen LogP contribution in [0.25, 0.3) is 0 Å². The van der Waals surface area contributed by atoms with Gasteiger partial charge in [0.2, 0.25) is 15.9 Å². The van der Waals surface area contributed by atoms with Gasteiger partial charge in [-0.1, -0.05) is 17.3 Å². The lowest BCUT2D eigenvalue weighted by Crippen LogP contribution is -2.45. The third-order valence-corrected chi connectivity index (χ3v) is 7.18. The summed E-state index contributed by atoms with van der Waals surface area (Å²) in [7, 11) is -3.84. The van der Waals surface area contributed by atoms with E-state index in [1.54, 1.807) is 6.92 Å². The smallest absolute Gasteiger partial charge is 0.360 e. The van der Waals surface area contributed by atoms with Gasteiger partial charge in [-0.25, -0.2) is 8.42 Å². The molecule has 0 spiro atoms. The van der Waals surface area contributed by atoms with E-state index in [2.05, 4.69) is 10.5 Å². The van der Waals surface area contributed by atoms with E-state index in [0.717, 1.165) is 12.1 Å². The highest BCUT2D eigenvalue weighted by molar-refractivity contribution is 7.89. The summed E-state index contributed by atoms with van der Waals surface area (Å²) in [5, 5.41) is 6.37. The van der Waals surface area contributed by atoms with E-state index in [1.165, 1.54) is 23.4 Å². The topological polar surface area (TPSA) is 92.5 Å². The SMILES string of the molecule is Cc1noc(C)c1S(=O)(=O)N1CCC[C@@H](C(=O)NCc2ccc(C(F)(F)F)cc2)C1. The van der Waals surface area contributed by atoms with Gasteiger partial charge in [-0.05, 0) is 44.4 Å². The van der Waals surface area contributed by atoms with Crippen LogP contribution in [0.3, 0.4) is 0 Å². The van der Waals surface area contributed by atoms with Crippen molar-refractivity contribution in [3.63, 3.8) is 0 Å². The number of nitrogens with zero attached hydrogens (tertiary/aromatic N) is 2. The molecule has 1 fully saturated rings. The van der Waals surface area contributed by atoms with Crippen molar-refractivity contribution in [3.05, 3.63) is 46.8 Å². The summed E-state index contributed by atoms with van der Waals surface area (Å²) in [6, 6.07) is 4.52. The molecule has 1 aromatic heterocycles. The van der Waals surface area contributed by atoms with Crippen LogP contribution >= 0.6 is 0 Å². The van der Waals surface area contributed by atoms with Crippen molar-refractivity contribution in [2.24, 2.45) is 5.92 Å². The number of aryl methyl sites for hydroxylation is 2. The normalized spacial score (nSPS) is 18.4. The minimum Gasteiger partial charge on any atom is -0.360 e. The van der Waals surface area contributed by atoms with E-state index in [0.29, 0.717) is 18.4 Å². The number of halogens is 3. The Kier molecular flexibility index (Phi) is 6.23. The molecule has 1 amide bonds. The molecule has 3 rings (SSSR count). The summed E-state index contributed by atoms with van der Waals surface area (Å²) in [6.07, 6.45) is -3.38. The maximum Gasteiger partial charge on any atom is 0.416 e. The van der Waals surface area contributed by atoms with Gasteiger partial charge in [0, 0.05) is 19.6 Å². The van der Waals surface area contributed by atoms with Crippen LogP contribution in [-0.4, -0.2) is 36.9 Å². The minimum absolute atomic E-state index is 0.0191. The Labute approximate surface area is 172 Å². The van der Waals surface area contributed by atoms with Crippen LogP contribution in [0, 0.1) is 19.8 Å². The summed E-state index contributed by atoms with van der Waals surface area (Å²) in [6.45, 7) is 3.43. The summed E-state index contributed by atoms with van der Waals surface area (Å²) in [5.74, 6) is -0.696. The van der Waals surface area contributed by atoms with E-state index < -0.39 is 27.7 Å². The molecule has 0 saturated carbocycles. The number of amides is 1. The predicted molar refractivity (Wildman–Crippen MR) is 101 cm³/mol. The number of nitrogens with one attached hydrogen (secondary N) is 1. The Hall–Kier alpha value is -2.40. The fourth-order valence-corrected chi connectivity index (χ4v) is 5.31. The number of piperidine rings is 1. The molecule has 1 atom stereocenters. The van der Waals surface area contributed by atoms with E-state index in [-0.39, 0.29) is 41.9 Å². The molecule has 1 N–H and O–H groups in total. The molecule has 11 heteroatoms. The number of benzene rings is 1. The molecule has 0 unspecified atom stereocenters. The lowest BCUT2D eigenvalue weighted by Gasteiger charge is -2.31. The molecule has 1 aliphatic rings. The lowest BCUT2D eigenvalue weighted by atomic mass is 9.98. The molecule has 2 heterocycles. The van der Waals surface area contributed by atoms with Gasteiger partial charge in [-0.15, -0.1) is 0 Å². The number of hydrogen-bond donors (Lipinski definition) is 1. The molecule has 1 saturated heterocycles. The molecular formula is C19H22F3N3O4S. The van der Waals surface area contributed by atoms with Crippen molar-refractivity contribution in [2.75, 3.05) is 13.1 Å². The summed E-state index contributed by atoms with van der Waals surface area (Å²) in [5.41, 5.74) is 0.0266. The van der Waals surface area contributed by atoms with Crippen molar-refractivity contribution >= 4 is 15.9 Å². The first-order valence-electron chi connectivity index (χ1n) is 9.37. The summed E-state index contributed by atoms with van der Waals surface area (Å²) >= 11 is 0. The van der Waals surface area contributed by atoms with E-state index in [9.17, 15) is 26.4 Å². The van der Waals surface area contributed by atoms with Gasteiger partial charge in [0.05, 0.1) is 11.5 Å². The second-order valence-electron chi connectivity index (χ2n) is 7.27. The Bertz CT molecular complexity index is 997. The Morgan fingerprint density at radius 3 is 2.50 bits per heavy atom. The fourth-order valence-electron chi connectivity index (χ4n) is 3.49. The third-order valence-electron chi connectivity index (χ3n) is 5.07. The van der Waals surface area contributed by atoms with Gasteiger partial charge in [-0.2, -0.15) is 17.5 Å². The Morgan fingerprint density at radius 2 is 1.93 bits per heavy atom. The van der Waals surface area contributed by atoms with Gasteiger partial charge < -0.3 is 9.84 Å². The quantitative estimate of drug-likeness (QED) is 0.764. The number of carbonyl (C=O) groups is 1. The van der Waals surface area contributed by atoms with Crippen molar-refractivity contribution in [1.82, 2.24) is 14.8 Å². The van der Waals surface area contributed by atoms with E-state index in [4.69, 9.17) is 4.52 Å². The number of carbonyl (C=O) groups excluding carboxylic acids is 1. The maximum atomic E-state index is 13.0. The van der Waals surface area contributed by atoms with Gasteiger partial charge in [0.15, 0.2) is 5.76 Å². The zero-order valence-electron chi connectivity index (χ0n) is 16.5. The molecule has 7 nitrogen and oxygen atoms in total. The first-order valence-corrected chi connectivity index (χ1v) is 10.8. The number of alkyl halides is 3. The van der Waals surface area contributed by atoms with Gasteiger partial charge in [0.25, 0.3) is 0 Å². The van der Waals surface area contributed by atoms with Crippen LogP contribution in [-0.2, 0) is 27.5 Å². The predicted octanol–water partition coefficient (Wildman–Crippen LogP) is 3.03. The van der Waals surface area contributed by atoms with E-state index in [1.807, 2.05) is 0 Å².